The van der Waals surface area contributed by atoms with Crippen LogP contribution < -0.4 is 10.6 Å². The van der Waals surface area contributed by atoms with Gasteiger partial charge in [-0.15, -0.1) is 5.10 Å². The van der Waals surface area contributed by atoms with Crippen LogP contribution in [0.5, 0.6) is 0 Å². The van der Waals surface area contributed by atoms with Gasteiger partial charge in [0.05, 0.1) is 18.3 Å². The zero-order chi connectivity index (χ0) is 20.2. The second kappa shape index (κ2) is 8.38. The average molecular weight is 394 g/mol. The Balaban J connectivity index is 1.36. The zero-order valence-electron chi connectivity index (χ0n) is 15.6. The molecule has 2 aromatic heterocycles. The van der Waals surface area contributed by atoms with Crippen molar-refractivity contribution in [2.24, 2.45) is 5.92 Å². The first-order valence-corrected chi connectivity index (χ1v) is 9.39. The summed E-state index contributed by atoms with van der Waals surface area (Å²) in [6.07, 6.45) is 3.57. The van der Waals surface area contributed by atoms with Crippen molar-refractivity contribution in [2.45, 2.75) is 31.2 Å². The number of benzene rings is 1. The zero-order valence-corrected chi connectivity index (χ0v) is 15.6. The van der Waals surface area contributed by atoms with Crippen LogP contribution in [-0.4, -0.2) is 54.5 Å². The molecule has 150 valence electrons. The summed E-state index contributed by atoms with van der Waals surface area (Å²) in [5, 5.41) is 34.5. The molecule has 9 heteroatoms. The second-order valence-electron chi connectivity index (χ2n) is 7.12. The number of nitrogens with zero attached hydrogens (tertiary/aromatic N) is 4. The van der Waals surface area contributed by atoms with Crippen molar-refractivity contribution < 1.29 is 15.0 Å². The van der Waals surface area contributed by atoms with Crippen LogP contribution in [0.3, 0.4) is 0 Å². The van der Waals surface area contributed by atoms with E-state index in [1.54, 1.807) is 35.4 Å². The molecule has 1 saturated carbocycles. The lowest BCUT2D eigenvalue weighted by Crippen LogP contribution is -2.44. The first-order valence-electron chi connectivity index (χ1n) is 9.39. The largest absolute Gasteiger partial charge is 0.390 e. The van der Waals surface area contributed by atoms with E-state index in [9.17, 15) is 15.0 Å². The van der Waals surface area contributed by atoms with Crippen LogP contribution in [0.2, 0.25) is 0 Å². The molecule has 4 N–H and O–H groups in total. The summed E-state index contributed by atoms with van der Waals surface area (Å²) in [4.78, 5) is 16.3. The normalized spacial score (nSPS) is 23.7. The Labute approximate surface area is 167 Å². The van der Waals surface area contributed by atoms with E-state index in [1.807, 2.05) is 30.3 Å². The van der Waals surface area contributed by atoms with Crippen molar-refractivity contribution in [2.75, 3.05) is 5.32 Å². The third-order valence-corrected chi connectivity index (χ3v) is 5.07. The first kappa shape index (κ1) is 19.0. The number of urea groups is 1. The van der Waals surface area contributed by atoms with Gasteiger partial charge in [-0.25, -0.2) is 4.79 Å². The number of para-hydroxylation sites is 1. The number of anilines is 1. The summed E-state index contributed by atoms with van der Waals surface area (Å²) < 4.78 is 1.63. The highest BCUT2D eigenvalue weighted by Gasteiger charge is 2.42. The highest BCUT2D eigenvalue weighted by atomic mass is 16.3. The van der Waals surface area contributed by atoms with E-state index in [2.05, 4.69) is 25.9 Å². The predicted molar refractivity (Wildman–Crippen MR) is 106 cm³/mol. The lowest BCUT2D eigenvalue weighted by molar-refractivity contribution is 0.00878. The van der Waals surface area contributed by atoms with Crippen molar-refractivity contribution in [3.05, 3.63) is 61.1 Å². The van der Waals surface area contributed by atoms with E-state index in [0.717, 1.165) is 5.56 Å². The molecule has 4 rings (SSSR count). The number of rotatable bonds is 5. The Morgan fingerprint density at radius 2 is 1.97 bits per heavy atom. The van der Waals surface area contributed by atoms with Crippen molar-refractivity contribution in [3.63, 3.8) is 0 Å². The monoisotopic (exact) mass is 394 g/mol. The molecule has 9 nitrogen and oxygen atoms in total. The van der Waals surface area contributed by atoms with Gasteiger partial charge in [-0.3, -0.25) is 9.67 Å². The molecule has 0 radical (unpaired) electrons. The van der Waals surface area contributed by atoms with E-state index >= 15 is 0 Å². The molecule has 0 bridgehead atoms. The molecule has 1 aromatic carbocycles. The number of aliphatic hydroxyl groups is 2. The number of hydrogen-bond donors (Lipinski definition) is 4. The van der Waals surface area contributed by atoms with E-state index in [1.165, 1.54) is 0 Å². The van der Waals surface area contributed by atoms with Gasteiger partial charge >= 0.3 is 6.03 Å². The molecule has 2 heterocycles. The number of pyridine rings is 1. The van der Waals surface area contributed by atoms with E-state index in [4.69, 9.17) is 0 Å². The summed E-state index contributed by atoms with van der Waals surface area (Å²) in [5.74, 6) is -0.268. The number of carbonyl (C=O) groups excluding carboxylic acids is 1. The summed E-state index contributed by atoms with van der Waals surface area (Å²) in [5.41, 5.74) is 2.19. The minimum atomic E-state index is -1.05. The highest BCUT2D eigenvalue weighted by Crippen LogP contribution is 2.28. The van der Waals surface area contributed by atoms with Crippen LogP contribution in [0.15, 0.2) is 61.1 Å². The molecule has 0 spiro atoms. The number of aromatic nitrogens is 4. The fourth-order valence-electron chi connectivity index (χ4n) is 3.58. The molecule has 2 amide bonds. The molecule has 3 aromatic rings. The van der Waals surface area contributed by atoms with Gasteiger partial charge < -0.3 is 20.8 Å². The maximum atomic E-state index is 12.2. The Morgan fingerprint density at radius 1 is 1.14 bits per heavy atom. The van der Waals surface area contributed by atoms with Gasteiger partial charge in [-0.1, -0.05) is 23.4 Å². The molecule has 0 saturated heterocycles. The summed E-state index contributed by atoms with van der Waals surface area (Å²) in [6, 6.07) is 11.8. The molecule has 29 heavy (non-hydrogen) atoms. The standard InChI is InChI=1S/C20H22N6O3/c27-18-14(11-26-12-17(24-25-26)13-5-4-8-21-10-13)9-16(19(18)28)23-20(29)22-15-6-2-1-3-7-15/h1-8,10,12,14,16,18-19,27-28H,9,11H2,(H2,22,23,29)/t14-,16-,18-,19+/m1/s1. The van der Waals surface area contributed by atoms with Crippen molar-refractivity contribution in [1.82, 2.24) is 25.3 Å². The van der Waals surface area contributed by atoms with Gasteiger partial charge in [-0.2, -0.15) is 0 Å². The predicted octanol–water partition coefficient (Wildman–Crippen LogP) is 1.27. The van der Waals surface area contributed by atoms with Crippen LogP contribution in [0.1, 0.15) is 6.42 Å². The average Bonchev–Trinajstić information content (AvgIpc) is 3.30. The topological polar surface area (TPSA) is 125 Å². The van der Waals surface area contributed by atoms with Gasteiger partial charge in [0.1, 0.15) is 11.8 Å². The minimum Gasteiger partial charge on any atom is -0.390 e. The van der Waals surface area contributed by atoms with Crippen LogP contribution in [0.25, 0.3) is 11.3 Å². The molecular formula is C20H22N6O3. The molecule has 0 unspecified atom stereocenters. The number of amides is 2. The van der Waals surface area contributed by atoms with E-state index in [0.29, 0.717) is 24.3 Å². The van der Waals surface area contributed by atoms with Crippen LogP contribution in [-0.2, 0) is 6.54 Å². The fourth-order valence-corrected chi connectivity index (χ4v) is 3.58. The third-order valence-electron chi connectivity index (χ3n) is 5.07. The molecule has 1 aliphatic rings. The lowest BCUT2D eigenvalue weighted by atomic mass is 10.1. The summed E-state index contributed by atoms with van der Waals surface area (Å²) in [7, 11) is 0. The van der Waals surface area contributed by atoms with Gasteiger partial charge in [0.15, 0.2) is 0 Å². The summed E-state index contributed by atoms with van der Waals surface area (Å²) in [6.45, 7) is 0.379. The van der Waals surface area contributed by atoms with E-state index in [-0.39, 0.29) is 5.92 Å². The van der Waals surface area contributed by atoms with Gasteiger partial charge in [0.25, 0.3) is 0 Å². The number of nitrogens with one attached hydrogen (secondary N) is 2. The molecular weight excluding hydrogens is 372 g/mol. The fraction of sp³-hybridized carbons (Fsp3) is 0.300. The van der Waals surface area contributed by atoms with Gasteiger partial charge in [0.2, 0.25) is 0 Å². The number of carbonyl (C=O) groups is 1. The number of aliphatic hydroxyl groups excluding tert-OH is 2. The van der Waals surface area contributed by atoms with Gasteiger partial charge in [0, 0.05) is 36.1 Å². The Kier molecular flexibility index (Phi) is 5.50. The van der Waals surface area contributed by atoms with Crippen molar-refractivity contribution in [1.29, 1.82) is 0 Å². The van der Waals surface area contributed by atoms with Crippen molar-refractivity contribution in [3.8, 4) is 11.3 Å². The maximum absolute atomic E-state index is 12.2. The maximum Gasteiger partial charge on any atom is 0.319 e. The molecule has 0 aliphatic heterocycles. The minimum absolute atomic E-state index is 0.268. The van der Waals surface area contributed by atoms with Crippen LogP contribution in [0, 0.1) is 5.92 Å². The lowest BCUT2D eigenvalue weighted by Gasteiger charge is -2.18. The quantitative estimate of drug-likeness (QED) is 0.516. The Morgan fingerprint density at radius 3 is 2.72 bits per heavy atom. The second-order valence-corrected chi connectivity index (χ2v) is 7.12. The smallest absolute Gasteiger partial charge is 0.319 e. The van der Waals surface area contributed by atoms with Crippen LogP contribution in [0.4, 0.5) is 10.5 Å². The number of hydrogen-bond acceptors (Lipinski definition) is 6. The third kappa shape index (κ3) is 4.41. The molecule has 1 fully saturated rings. The van der Waals surface area contributed by atoms with Gasteiger partial charge in [-0.05, 0) is 30.7 Å². The Bertz CT molecular complexity index is 949. The van der Waals surface area contributed by atoms with E-state index < -0.39 is 24.3 Å². The van der Waals surface area contributed by atoms with Crippen molar-refractivity contribution >= 4 is 11.7 Å². The molecule has 4 atom stereocenters. The first-order chi connectivity index (χ1) is 14.1. The Hall–Kier alpha value is -3.30. The SMILES string of the molecule is O=C(Nc1ccccc1)N[C@@H]1C[C@H](Cn2cc(-c3cccnc3)nn2)[C@@H](O)[C@H]1O. The highest BCUT2D eigenvalue weighted by molar-refractivity contribution is 5.89. The van der Waals surface area contributed by atoms with Crippen LogP contribution >= 0.6 is 0 Å². The molecule has 1 aliphatic carbocycles. The summed E-state index contributed by atoms with van der Waals surface area (Å²) >= 11 is 0.